The second kappa shape index (κ2) is 11.0. The molecular formula is C30H30BrN7O4. The molecule has 4 heterocycles. The van der Waals surface area contributed by atoms with Gasteiger partial charge in [-0.1, -0.05) is 6.07 Å². The largest absolute Gasteiger partial charge is 0.388 e. The minimum absolute atomic E-state index is 0.0153. The third-order valence-electron chi connectivity index (χ3n) is 8.28. The third-order valence-corrected chi connectivity index (χ3v) is 8.72. The number of anilines is 1. The number of nitrogens with one attached hydrogen (secondary N) is 1. The van der Waals surface area contributed by atoms with E-state index in [-0.39, 0.29) is 48.4 Å². The Labute approximate surface area is 250 Å². The molecule has 1 aliphatic carbocycles. The van der Waals surface area contributed by atoms with Crippen molar-refractivity contribution in [2.45, 2.75) is 65.3 Å². The van der Waals surface area contributed by atoms with Gasteiger partial charge in [0.2, 0.25) is 11.8 Å². The van der Waals surface area contributed by atoms with Crippen LogP contribution in [0.3, 0.4) is 0 Å². The van der Waals surface area contributed by atoms with Crippen LogP contribution in [0.25, 0.3) is 22.0 Å². The number of hydrogen-bond acceptors (Lipinski definition) is 8. The van der Waals surface area contributed by atoms with Gasteiger partial charge in [0.25, 0.3) is 0 Å². The Balaban J connectivity index is 1.31. The van der Waals surface area contributed by atoms with Crippen molar-refractivity contribution in [1.29, 1.82) is 0 Å². The minimum atomic E-state index is -0.597. The first-order valence-corrected chi connectivity index (χ1v) is 14.6. The average Bonchev–Trinajstić information content (AvgIpc) is 3.69. The highest BCUT2D eigenvalue weighted by molar-refractivity contribution is 9.10. The van der Waals surface area contributed by atoms with Gasteiger partial charge in [-0.25, -0.2) is 15.0 Å². The maximum absolute atomic E-state index is 13.9. The topological polar surface area (TPSA) is 143 Å². The van der Waals surface area contributed by atoms with E-state index in [1.807, 2.05) is 38.1 Å². The zero-order valence-corrected chi connectivity index (χ0v) is 25.1. The van der Waals surface area contributed by atoms with Crippen LogP contribution in [0.1, 0.15) is 53.6 Å². The van der Waals surface area contributed by atoms with Crippen LogP contribution in [-0.4, -0.2) is 64.4 Å². The van der Waals surface area contributed by atoms with E-state index in [1.54, 1.807) is 22.0 Å². The Morgan fingerprint density at radius 3 is 2.55 bits per heavy atom. The van der Waals surface area contributed by atoms with Crippen molar-refractivity contribution >= 4 is 50.2 Å². The Kier molecular flexibility index (Phi) is 7.36. The summed E-state index contributed by atoms with van der Waals surface area (Å²) in [5, 5.41) is 17.4. The lowest BCUT2D eigenvalue weighted by molar-refractivity contribution is -0.141. The zero-order valence-electron chi connectivity index (χ0n) is 23.5. The number of pyridine rings is 1. The van der Waals surface area contributed by atoms with Crippen LogP contribution in [0.5, 0.6) is 0 Å². The fraction of sp³-hybridized carbons (Fsp3) is 0.367. The van der Waals surface area contributed by atoms with E-state index >= 15 is 0 Å². The summed E-state index contributed by atoms with van der Waals surface area (Å²) >= 11 is 3.36. The Hall–Kier alpha value is -4.03. The molecule has 2 amide bonds. The summed E-state index contributed by atoms with van der Waals surface area (Å²) in [6.45, 7) is 4.88. The highest BCUT2D eigenvalue weighted by Crippen LogP contribution is 2.43. The SMILES string of the molecule is CC(=O)c1nn(CC(=O)N2[C@H]3CC[C@H](C3)[C@H]2C(=O)Nc2nc(Br)ccc2C)c2c(C)cc(-c3cnc(CO)nc3)cc12. The van der Waals surface area contributed by atoms with E-state index in [0.29, 0.717) is 27.1 Å². The molecule has 1 aliphatic heterocycles. The van der Waals surface area contributed by atoms with Crippen LogP contribution in [0, 0.1) is 19.8 Å². The molecule has 12 heteroatoms. The molecule has 2 aliphatic rings. The molecule has 4 aromatic rings. The standard InChI is InChI=1S/C30H30BrN7O4/c1-15-4-7-23(31)34-29(15)35-30(42)28-18-5-6-21(9-18)38(28)25(41)13-37-27-16(2)8-19(10-22(27)26(36-37)17(3)40)20-11-32-24(14-39)33-12-20/h4,7-8,10-12,18,21,28,39H,5-6,9,13-14H2,1-3H3,(H,34,35,42)/t18-,21+,28+/m1/s1. The van der Waals surface area contributed by atoms with Gasteiger partial charge in [-0.2, -0.15) is 5.10 Å². The fourth-order valence-corrected chi connectivity index (χ4v) is 6.68. The van der Waals surface area contributed by atoms with Crippen molar-refractivity contribution in [2.24, 2.45) is 5.92 Å². The number of aliphatic hydroxyl groups excluding tert-OH is 1. The van der Waals surface area contributed by atoms with Crippen molar-refractivity contribution in [1.82, 2.24) is 29.6 Å². The fourth-order valence-electron chi connectivity index (χ4n) is 6.37. The van der Waals surface area contributed by atoms with Crippen LogP contribution in [0.4, 0.5) is 5.82 Å². The quantitative estimate of drug-likeness (QED) is 0.230. The summed E-state index contributed by atoms with van der Waals surface area (Å²) in [7, 11) is 0. The number of halogens is 1. The van der Waals surface area contributed by atoms with E-state index < -0.39 is 6.04 Å². The molecule has 0 unspecified atom stereocenters. The number of carbonyl (C=O) groups is 3. The summed E-state index contributed by atoms with van der Waals surface area (Å²) < 4.78 is 2.20. The van der Waals surface area contributed by atoms with Gasteiger partial charge in [0.1, 0.15) is 35.3 Å². The third kappa shape index (κ3) is 4.98. The number of carbonyl (C=O) groups excluding carboxylic acids is 3. The lowest BCUT2D eigenvalue weighted by Gasteiger charge is -2.34. The van der Waals surface area contributed by atoms with Crippen molar-refractivity contribution in [3.8, 4) is 11.1 Å². The van der Waals surface area contributed by atoms with Crippen molar-refractivity contribution in [3.63, 3.8) is 0 Å². The smallest absolute Gasteiger partial charge is 0.248 e. The number of likely N-dealkylation sites (tertiary alicyclic amines) is 1. The summed E-state index contributed by atoms with van der Waals surface area (Å²) in [5.41, 5.74) is 4.14. The molecular weight excluding hydrogens is 602 g/mol. The first kappa shape index (κ1) is 28.1. The molecule has 2 N–H and O–H groups in total. The van der Waals surface area contributed by atoms with Crippen molar-refractivity contribution < 1.29 is 19.5 Å². The van der Waals surface area contributed by atoms with E-state index in [9.17, 15) is 19.5 Å². The summed E-state index contributed by atoms with van der Waals surface area (Å²) in [6.07, 6.45) is 5.78. The van der Waals surface area contributed by atoms with Gasteiger partial charge >= 0.3 is 0 Å². The molecule has 2 bridgehead atoms. The summed E-state index contributed by atoms with van der Waals surface area (Å²) in [5.74, 6) is 0.197. The highest BCUT2D eigenvalue weighted by atomic mass is 79.9. The molecule has 1 aromatic carbocycles. The zero-order chi connectivity index (χ0) is 29.7. The first-order valence-electron chi connectivity index (χ1n) is 13.8. The van der Waals surface area contributed by atoms with Crippen molar-refractivity contribution in [3.05, 3.63) is 63.9 Å². The number of rotatable bonds is 7. The second-order valence-corrected chi connectivity index (χ2v) is 11.9. The average molecular weight is 633 g/mol. The van der Waals surface area contributed by atoms with Gasteiger partial charge in [0.05, 0.1) is 5.52 Å². The molecule has 11 nitrogen and oxygen atoms in total. The number of hydrogen-bond donors (Lipinski definition) is 2. The maximum Gasteiger partial charge on any atom is 0.248 e. The normalized spacial score (nSPS) is 19.5. The van der Waals surface area contributed by atoms with E-state index in [4.69, 9.17) is 0 Å². The van der Waals surface area contributed by atoms with Crippen LogP contribution in [0.2, 0.25) is 0 Å². The maximum atomic E-state index is 13.9. The van der Waals surface area contributed by atoms with Gasteiger partial charge in [0, 0.05) is 36.3 Å². The second-order valence-electron chi connectivity index (χ2n) is 11.1. The summed E-state index contributed by atoms with van der Waals surface area (Å²) in [4.78, 5) is 54.6. The molecule has 3 aromatic heterocycles. The Morgan fingerprint density at radius 1 is 1.07 bits per heavy atom. The minimum Gasteiger partial charge on any atom is -0.388 e. The number of aliphatic hydroxyl groups is 1. The number of aromatic nitrogens is 5. The summed E-state index contributed by atoms with van der Waals surface area (Å²) in [6, 6.07) is 6.86. The van der Waals surface area contributed by atoms with Crippen LogP contribution >= 0.6 is 15.9 Å². The highest BCUT2D eigenvalue weighted by Gasteiger charge is 2.51. The predicted molar refractivity (Wildman–Crippen MR) is 158 cm³/mol. The number of benzene rings is 1. The van der Waals surface area contributed by atoms with Gasteiger partial charge in [0.15, 0.2) is 11.6 Å². The number of ketones is 1. The first-order chi connectivity index (χ1) is 20.1. The number of nitrogens with zero attached hydrogens (tertiary/aromatic N) is 6. The molecule has 216 valence electrons. The number of aryl methyl sites for hydroxylation is 2. The molecule has 0 spiro atoms. The monoisotopic (exact) mass is 631 g/mol. The van der Waals surface area contributed by atoms with Gasteiger partial charge in [-0.15, -0.1) is 0 Å². The van der Waals surface area contributed by atoms with Gasteiger partial charge in [-0.3, -0.25) is 19.1 Å². The van der Waals surface area contributed by atoms with Crippen LogP contribution in [-0.2, 0) is 22.7 Å². The van der Waals surface area contributed by atoms with Crippen LogP contribution in [0.15, 0.2) is 41.3 Å². The predicted octanol–water partition coefficient (Wildman–Crippen LogP) is 3.98. The molecule has 2 fully saturated rings. The lowest BCUT2D eigenvalue weighted by atomic mass is 9.97. The van der Waals surface area contributed by atoms with Gasteiger partial charge in [-0.05, 0) is 89.8 Å². The van der Waals surface area contributed by atoms with Crippen LogP contribution < -0.4 is 5.32 Å². The lowest BCUT2D eigenvalue weighted by Crippen LogP contribution is -2.52. The number of Topliss-reactive ketones (excluding diaryl/α,β-unsaturated/α-hetero) is 1. The molecule has 1 saturated heterocycles. The van der Waals surface area contributed by atoms with E-state index in [1.165, 1.54) is 6.92 Å². The van der Waals surface area contributed by atoms with E-state index in [2.05, 4.69) is 41.3 Å². The molecule has 42 heavy (non-hydrogen) atoms. The Morgan fingerprint density at radius 2 is 1.83 bits per heavy atom. The Bertz CT molecular complexity index is 1740. The molecule has 0 radical (unpaired) electrons. The number of amides is 2. The molecule has 1 saturated carbocycles. The van der Waals surface area contributed by atoms with Gasteiger partial charge < -0.3 is 15.3 Å². The van der Waals surface area contributed by atoms with E-state index in [0.717, 1.165) is 41.5 Å². The molecule has 3 atom stereocenters. The number of piperidine rings is 1. The number of fused-ring (bicyclic) bond motifs is 3. The van der Waals surface area contributed by atoms with Crippen molar-refractivity contribution in [2.75, 3.05) is 5.32 Å². The molecule has 6 rings (SSSR count).